The fourth-order valence-electron chi connectivity index (χ4n) is 4.04. The molecule has 1 aliphatic rings. The summed E-state index contributed by atoms with van der Waals surface area (Å²) in [6.07, 6.45) is 0.579. The molecule has 4 rings (SSSR count). The highest BCUT2D eigenvalue weighted by atomic mass is 35.5. The van der Waals surface area contributed by atoms with Crippen molar-refractivity contribution < 1.29 is 23.4 Å². The second kappa shape index (κ2) is 9.49. The summed E-state index contributed by atoms with van der Waals surface area (Å²) < 4.78 is 31.6. The Labute approximate surface area is 191 Å². The van der Waals surface area contributed by atoms with E-state index in [1.165, 1.54) is 13.2 Å². The third-order valence-corrected chi connectivity index (χ3v) is 5.90. The maximum absolute atomic E-state index is 15.0. The number of hydrogen-bond acceptors (Lipinski definition) is 4. The van der Waals surface area contributed by atoms with Gasteiger partial charge in [-0.2, -0.15) is 0 Å². The summed E-state index contributed by atoms with van der Waals surface area (Å²) in [4.78, 5) is 14.9. The van der Waals surface area contributed by atoms with Crippen molar-refractivity contribution in [3.05, 3.63) is 88.2 Å². The van der Waals surface area contributed by atoms with E-state index in [-0.39, 0.29) is 23.1 Å². The van der Waals surface area contributed by atoms with Crippen LogP contribution in [-0.2, 0) is 11.2 Å². The highest BCUT2D eigenvalue weighted by molar-refractivity contribution is 6.31. The minimum absolute atomic E-state index is 0.171. The average molecular weight is 456 g/mol. The van der Waals surface area contributed by atoms with Crippen molar-refractivity contribution in [1.82, 2.24) is 4.90 Å². The lowest BCUT2D eigenvalue weighted by Crippen LogP contribution is -2.43. The molecule has 32 heavy (non-hydrogen) atoms. The van der Waals surface area contributed by atoms with Crippen LogP contribution >= 0.6 is 11.6 Å². The molecular weight excluding hydrogens is 433 g/mol. The first kappa shape index (κ1) is 22.0. The van der Waals surface area contributed by atoms with E-state index in [4.69, 9.17) is 25.8 Å². The molecule has 1 atom stereocenters. The van der Waals surface area contributed by atoms with Gasteiger partial charge in [0.1, 0.15) is 11.6 Å². The Morgan fingerprint density at radius 2 is 1.78 bits per heavy atom. The van der Waals surface area contributed by atoms with Crippen LogP contribution in [0.4, 0.5) is 4.39 Å². The number of nitrogens with zero attached hydrogens (tertiary/aromatic N) is 1. The molecule has 166 valence electrons. The monoisotopic (exact) mass is 455 g/mol. The number of methoxy groups -OCH3 is 2. The maximum Gasteiger partial charge on any atom is 0.261 e. The lowest BCUT2D eigenvalue weighted by molar-refractivity contribution is -0.135. The minimum atomic E-state index is -0.723. The van der Waals surface area contributed by atoms with Gasteiger partial charge in [0.25, 0.3) is 5.91 Å². The van der Waals surface area contributed by atoms with Gasteiger partial charge in [-0.05, 0) is 53.9 Å². The van der Waals surface area contributed by atoms with Crippen LogP contribution in [0, 0.1) is 5.82 Å². The number of para-hydroxylation sites is 1. The predicted octanol–water partition coefficient (Wildman–Crippen LogP) is 5.05. The Bertz CT molecular complexity index is 1100. The highest BCUT2D eigenvalue weighted by Crippen LogP contribution is 2.43. The van der Waals surface area contributed by atoms with Crippen molar-refractivity contribution in [2.24, 2.45) is 0 Å². The van der Waals surface area contributed by atoms with Gasteiger partial charge in [-0.1, -0.05) is 35.9 Å². The molecule has 3 aromatic rings. The second-order valence-electron chi connectivity index (χ2n) is 7.38. The number of ether oxygens (including phenoxy) is 3. The predicted molar refractivity (Wildman–Crippen MR) is 120 cm³/mol. The fourth-order valence-corrected chi connectivity index (χ4v) is 4.31. The van der Waals surface area contributed by atoms with Gasteiger partial charge in [0.2, 0.25) is 0 Å². The average Bonchev–Trinajstić information content (AvgIpc) is 2.82. The maximum atomic E-state index is 15.0. The number of benzene rings is 3. The molecule has 1 amide bonds. The number of carbonyl (C=O) groups excluding carboxylic acids is 1. The molecule has 0 unspecified atom stereocenters. The standard InChI is InChI=1S/C25H23ClFNO4/c1-30-21-13-16-11-12-28(23(29)15-32-17-7-4-3-5-8-17)25(18(16)14-22(21)31-2)24-19(26)9-6-10-20(24)27/h3-10,13-14,25H,11-12,15H2,1-2H3/t25-/m1/s1. The number of halogens is 2. The van der Waals surface area contributed by atoms with Crippen LogP contribution in [0.15, 0.2) is 60.7 Å². The largest absolute Gasteiger partial charge is 0.493 e. The van der Waals surface area contributed by atoms with E-state index in [1.54, 1.807) is 42.3 Å². The second-order valence-corrected chi connectivity index (χ2v) is 7.79. The third kappa shape index (κ3) is 4.23. The van der Waals surface area contributed by atoms with Gasteiger partial charge in [-0.25, -0.2) is 4.39 Å². The van der Waals surface area contributed by atoms with E-state index in [2.05, 4.69) is 0 Å². The Kier molecular flexibility index (Phi) is 6.51. The topological polar surface area (TPSA) is 48.0 Å². The number of carbonyl (C=O) groups is 1. The van der Waals surface area contributed by atoms with Crippen LogP contribution in [0.2, 0.25) is 5.02 Å². The van der Waals surface area contributed by atoms with E-state index in [1.807, 2.05) is 24.3 Å². The van der Waals surface area contributed by atoms with Gasteiger partial charge in [-0.3, -0.25) is 4.79 Å². The zero-order valence-electron chi connectivity index (χ0n) is 17.8. The van der Waals surface area contributed by atoms with Crippen molar-refractivity contribution in [3.63, 3.8) is 0 Å². The Morgan fingerprint density at radius 3 is 2.47 bits per heavy atom. The number of hydrogen-bond donors (Lipinski definition) is 0. The van der Waals surface area contributed by atoms with E-state index in [0.717, 1.165) is 11.1 Å². The Balaban J connectivity index is 1.76. The summed E-state index contributed by atoms with van der Waals surface area (Å²) in [7, 11) is 3.10. The van der Waals surface area contributed by atoms with Crippen molar-refractivity contribution >= 4 is 17.5 Å². The SMILES string of the molecule is COc1cc2c(cc1OC)[C@H](c1c(F)cccc1Cl)N(C(=O)COc1ccccc1)CC2. The van der Waals surface area contributed by atoms with Crippen molar-refractivity contribution in [2.75, 3.05) is 27.4 Å². The molecule has 0 spiro atoms. The van der Waals surface area contributed by atoms with Gasteiger partial charge in [0, 0.05) is 17.1 Å². The Morgan fingerprint density at radius 1 is 1.06 bits per heavy atom. The van der Waals surface area contributed by atoms with E-state index in [0.29, 0.717) is 30.2 Å². The van der Waals surface area contributed by atoms with Crippen molar-refractivity contribution in [2.45, 2.75) is 12.5 Å². The smallest absolute Gasteiger partial charge is 0.261 e. The van der Waals surface area contributed by atoms with Crippen LogP contribution in [0.5, 0.6) is 17.2 Å². The summed E-state index contributed by atoms with van der Waals surface area (Å²) in [6.45, 7) is 0.212. The molecule has 0 aromatic heterocycles. The molecule has 0 aliphatic carbocycles. The van der Waals surface area contributed by atoms with Crippen molar-refractivity contribution in [1.29, 1.82) is 0 Å². The fraction of sp³-hybridized carbons (Fsp3) is 0.240. The number of rotatable bonds is 6. The first-order valence-corrected chi connectivity index (χ1v) is 10.6. The quantitative estimate of drug-likeness (QED) is 0.522. The van der Waals surface area contributed by atoms with Crippen LogP contribution < -0.4 is 14.2 Å². The first-order valence-electron chi connectivity index (χ1n) is 10.2. The molecule has 0 saturated carbocycles. The van der Waals surface area contributed by atoms with Gasteiger partial charge < -0.3 is 19.1 Å². The van der Waals surface area contributed by atoms with Crippen LogP contribution in [0.3, 0.4) is 0 Å². The lowest BCUT2D eigenvalue weighted by Gasteiger charge is -2.38. The van der Waals surface area contributed by atoms with E-state index < -0.39 is 11.9 Å². The summed E-state index contributed by atoms with van der Waals surface area (Å²) >= 11 is 6.44. The number of amides is 1. The normalized spacial score (nSPS) is 15.1. The molecule has 5 nitrogen and oxygen atoms in total. The van der Waals surface area contributed by atoms with Crippen LogP contribution in [0.1, 0.15) is 22.7 Å². The van der Waals surface area contributed by atoms with Crippen LogP contribution in [0.25, 0.3) is 0 Å². The summed E-state index contributed by atoms with van der Waals surface area (Å²) in [5, 5.41) is 0.249. The molecule has 1 heterocycles. The molecule has 0 saturated heterocycles. The molecular formula is C25H23ClFNO4. The van der Waals surface area contributed by atoms with Gasteiger partial charge in [0.15, 0.2) is 18.1 Å². The van der Waals surface area contributed by atoms with Gasteiger partial charge >= 0.3 is 0 Å². The summed E-state index contributed by atoms with van der Waals surface area (Å²) in [5.74, 6) is 0.922. The minimum Gasteiger partial charge on any atom is -0.493 e. The zero-order chi connectivity index (χ0) is 22.7. The third-order valence-electron chi connectivity index (χ3n) is 5.57. The molecule has 0 fully saturated rings. The van der Waals surface area contributed by atoms with Gasteiger partial charge in [0.05, 0.1) is 20.3 Å². The molecule has 0 bridgehead atoms. The first-order chi connectivity index (χ1) is 15.5. The zero-order valence-corrected chi connectivity index (χ0v) is 18.6. The molecule has 0 radical (unpaired) electrons. The van der Waals surface area contributed by atoms with Crippen molar-refractivity contribution in [3.8, 4) is 17.2 Å². The summed E-state index contributed by atoms with van der Waals surface area (Å²) in [5.41, 5.74) is 1.93. The highest BCUT2D eigenvalue weighted by Gasteiger charge is 2.36. The molecule has 7 heteroatoms. The number of fused-ring (bicyclic) bond motifs is 1. The van der Waals surface area contributed by atoms with E-state index >= 15 is 4.39 Å². The molecule has 0 N–H and O–H groups in total. The molecule has 3 aromatic carbocycles. The lowest BCUT2D eigenvalue weighted by atomic mass is 9.87. The molecule has 1 aliphatic heterocycles. The summed E-state index contributed by atoms with van der Waals surface area (Å²) in [6, 6.07) is 16.5. The van der Waals surface area contributed by atoms with E-state index in [9.17, 15) is 4.79 Å². The van der Waals surface area contributed by atoms with Gasteiger partial charge in [-0.15, -0.1) is 0 Å². The van der Waals surface area contributed by atoms with Crippen LogP contribution in [-0.4, -0.2) is 38.2 Å². The Hall–Kier alpha value is -3.25.